The Kier molecular flexibility index (Phi) is 8.23. The number of nitrogens with zero attached hydrogens (tertiary/aromatic N) is 2. The molecule has 0 aliphatic heterocycles. The molecule has 0 radical (unpaired) electrons. The maximum absolute atomic E-state index is 13.0. The van der Waals surface area contributed by atoms with Crippen LogP contribution < -0.4 is 10.1 Å². The summed E-state index contributed by atoms with van der Waals surface area (Å²) >= 11 is 0. The molecular formula is C21H27N3O5S. The molecule has 2 rings (SSSR count). The van der Waals surface area contributed by atoms with Crippen molar-refractivity contribution >= 4 is 28.0 Å². The maximum Gasteiger partial charge on any atom is 0.337 e. The van der Waals surface area contributed by atoms with Gasteiger partial charge in [-0.3, -0.25) is 0 Å². The quantitative estimate of drug-likeness (QED) is 0.264. The van der Waals surface area contributed by atoms with Gasteiger partial charge in [0, 0.05) is 20.6 Å². The summed E-state index contributed by atoms with van der Waals surface area (Å²) in [5, 5.41) is 3.17. The number of hydrogen-bond donors (Lipinski definition) is 1. The zero-order valence-corrected chi connectivity index (χ0v) is 18.4. The van der Waals surface area contributed by atoms with Gasteiger partial charge in [-0.15, -0.1) is 4.40 Å². The fraction of sp³-hybridized carbons (Fsp3) is 0.333. The summed E-state index contributed by atoms with van der Waals surface area (Å²) in [7, 11) is 0.378. The molecule has 0 aliphatic rings. The molecular weight excluding hydrogens is 406 g/mol. The summed E-state index contributed by atoms with van der Waals surface area (Å²) < 4.78 is 40.5. The molecule has 8 nitrogen and oxygen atoms in total. The molecule has 0 saturated carbocycles. The number of para-hydroxylation sites is 1. The monoisotopic (exact) mass is 433 g/mol. The second kappa shape index (κ2) is 10.6. The van der Waals surface area contributed by atoms with Crippen LogP contribution in [-0.4, -0.2) is 53.4 Å². The predicted octanol–water partition coefficient (Wildman–Crippen LogP) is 3.76. The van der Waals surface area contributed by atoms with E-state index in [1.54, 1.807) is 38.4 Å². The molecule has 1 N–H and O–H groups in total. The van der Waals surface area contributed by atoms with Crippen LogP contribution in [0.2, 0.25) is 0 Å². The molecule has 0 fully saturated rings. The number of sulfonamides is 1. The van der Waals surface area contributed by atoms with E-state index in [0.717, 1.165) is 12.8 Å². The van der Waals surface area contributed by atoms with Crippen LogP contribution in [0.15, 0.2) is 51.8 Å². The topological polar surface area (TPSA) is 97.3 Å². The molecule has 0 bridgehead atoms. The lowest BCUT2D eigenvalue weighted by atomic mass is 10.1. The van der Waals surface area contributed by atoms with E-state index in [-0.39, 0.29) is 16.2 Å². The molecule has 0 aliphatic carbocycles. The summed E-state index contributed by atoms with van der Waals surface area (Å²) in [4.78, 5) is 13.4. The minimum Gasteiger partial charge on any atom is -0.465 e. The Labute approximate surface area is 177 Å². The van der Waals surface area contributed by atoms with Crippen molar-refractivity contribution in [1.29, 1.82) is 0 Å². The molecule has 0 atom stereocenters. The maximum atomic E-state index is 13.0. The van der Waals surface area contributed by atoms with E-state index in [1.807, 2.05) is 13.0 Å². The van der Waals surface area contributed by atoms with Crippen molar-refractivity contribution in [2.45, 2.75) is 24.7 Å². The number of unbranched alkanes of at least 4 members (excludes halogenated alkanes) is 1. The number of nitrogens with one attached hydrogen (secondary N) is 1. The van der Waals surface area contributed by atoms with E-state index in [9.17, 15) is 13.2 Å². The number of ether oxygens (including phenoxy) is 2. The van der Waals surface area contributed by atoms with E-state index in [0.29, 0.717) is 18.0 Å². The van der Waals surface area contributed by atoms with Crippen molar-refractivity contribution < 1.29 is 22.7 Å². The van der Waals surface area contributed by atoms with Gasteiger partial charge in [0.1, 0.15) is 17.0 Å². The first kappa shape index (κ1) is 23.2. The van der Waals surface area contributed by atoms with Crippen LogP contribution in [0.5, 0.6) is 11.5 Å². The van der Waals surface area contributed by atoms with Crippen molar-refractivity contribution in [3.05, 3.63) is 48.0 Å². The molecule has 30 heavy (non-hydrogen) atoms. The van der Waals surface area contributed by atoms with E-state index in [1.165, 1.54) is 30.5 Å². The van der Waals surface area contributed by atoms with Gasteiger partial charge >= 0.3 is 5.97 Å². The van der Waals surface area contributed by atoms with Crippen LogP contribution >= 0.6 is 0 Å². The third kappa shape index (κ3) is 6.21. The van der Waals surface area contributed by atoms with Gasteiger partial charge < -0.3 is 19.7 Å². The number of esters is 1. The molecule has 162 valence electrons. The van der Waals surface area contributed by atoms with Crippen molar-refractivity contribution in [3.63, 3.8) is 0 Å². The lowest BCUT2D eigenvalue weighted by Gasteiger charge is -2.17. The first-order valence-electron chi connectivity index (χ1n) is 9.48. The Hall–Kier alpha value is -3.07. The van der Waals surface area contributed by atoms with Crippen molar-refractivity contribution in [2.75, 3.05) is 33.1 Å². The normalized spacial score (nSPS) is 11.3. The van der Waals surface area contributed by atoms with Gasteiger partial charge in [0.2, 0.25) is 0 Å². The van der Waals surface area contributed by atoms with E-state index >= 15 is 0 Å². The Morgan fingerprint density at radius 2 is 1.90 bits per heavy atom. The smallest absolute Gasteiger partial charge is 0.337 e. The number of carbonyl (C=O) groups is 1. The molecule has 0 spiro atoms. The van der Waals surface area contributed by atoms with Gasteiger partial charge in [-0.2, -0.15) is 8.42 Å². The average molecular weight is 434 g/mol. The largest absolute Gasteiger partial charge is 0.465 e. The first-order valence-corrected chi connectivity index (χ1v) is 10.9. The lowest BCUT2D eigenvalue weighted by Crippen LogP contribution is -2.13. The summed E-state index contributed by atoms with van der Waals surface area (Å²) in [6.07, 6.45) is 2.97. The lowest BCUT2D eigenvalue weighted by molar-refractivity contribution is 0.0600. The fourth-order valence-corrected chi connectivity index (χ4v) is 3.57. The third-order valence-electron chi connectivity index (χ3n) is 3.98. The molecule has 2 aromatic carbocycles. The molecule has 2 aromatic rings. The zero-order chi connectivity index (χ0) is 22.1. The Morgan fingerprint density at radius 1 is 1.20 bits per heavy atom. The van der Waals surface area contributed by atoms with Crippen molar-refractivity contribution in [1.82, 2.24) is 4.90 Å². The second-order valence-corrected chi connectivity index (χ2v) is 8.30. The first-order chi connectivity index (χ1) is 14.3. The standard InChI is InChI=1S/C21H27N3O5S/c1-5-6-12-22-18-13-16(21(25)28-4)14-19(30(26,27)23-15-24(2)3)20(18)29-17-10-8-7-9-11-17/h7-11,13-15,22H,5-6,12H2,1-4H3/b23-15+. The minimum absolute atomic E-state index is 0.0702. The summed E-state index contributed by atoms with van der Waals surface area (Å²) in [6.45, 7) is 2.62. The van der Waals surface area contributed by atoms with Crippen LogP contribution in [0.4, 0.5) is 5.69 Å². The number of carbonyl (C=O) groups excluding carboxylic acids is 1. The zero-order valence-electron chi connectivity index (χ0n) is 17.6. The van der Waals surface area contributed by atoms with Crippen LogP contribution in [-0.2, 0) is 14.8 Å². The highest BCUT2D eigenvalue weighted by Gasteiger charge is 2.26. The molecule has 0 aromatic heterocycles. The van der Waals surface area contributed by atoms with E-state index in [2.05, 4.69) is 9.71 Å². The van der Waals surface area contributed by atoms with E-state index in [4.69, 9.17) is 9.47 Å². The third-order valence-corrected chi connectivity index (χ3v) is 5.21. The van der Waals surface area contributed by atoms with Crippen LogP contribution in [0, 0.1) is 0 Å². The average Bonchev–Trinajstić information content (AvgIpc) is 2.73. The number of rotatable bonds is 10. The number of methoxy groups -OCH3 is 1. The van der Waals surface area contributed by atoms with Crippen molar-refractivity contribution in [3.8, 4) is 11.5 Å². The van der Waals surface area contributed by atoms with E-state index < -0.39 is 16.0 Å². The SMILES string of the molecule is CCCCNc1cc(C(=O)OC)cc(S(=O)(=O)/N=C/N(C)C)c1Oc1ccccc1. The fourth-order valence-electron chi connectivity index (χ4n) is 2.49. The highest BCUT2D eigenvalue weighted by atomic mass is 32.2. The highest BCUT2D eigenvalue weighted by Crippen LogP contribution is 2.38. The Morgan fingerprint density at radius 3 is 2.50 bits per heavy atom. The second-order valence-electron chi connectivity index (χ2n) is 6.70. The van der Waals surface area contributed by atoms with Gasteiger partial charge in [0.25, 0.3) is 10.0 Å². The summed E-state index contributed by atoms with van der Waals surface area (Å²) in [5.74, 6) is -0.136. The molecule has 0 unspecified atom stereocenters. The Bertz CT molecular complexity index is 989. The van der Waals surface area contributed by atoms with Crippen LogP contribution in [0.25, 0.3) is 0 Å². The number of hydrogen-bond acceptors (Lipinski definition) is 6. The predicted molar refractivity (Wildman–Crippen MR) is 117 cm³/mol. The highest BCUT2D eigenvalue weighted by molar-refractivity contribution is 7.90. The Balaban J connectivity index is 2.69. The van der Waals surface area contributed by atoms with Gasteiger partial charge in [-0.1, -0.05) is 31.5 Å². The summed E-state index contributed by atoms with van der Waals surface area (Å²) in [5.41, 5.74) is 0.448. The molecule has 0 amide bonds. The van der Waals surface area contributed by atoms with Crippen LogP contribution in [0.1, 0.15) is 30.1 Å². The van der Waals surface area contributed by atoms with Gasteiger partial charge in [0.15, 0.2) is 5.75 Å². The summed E-state index contributed by atoms with van der Waals surface area (Å²) in [6, 6.07) is 11.5. The number of benzene rings is 2. The van der Waals surface area contributed by atoms with Crippen molar-refractivity contribution in [2.24, 2.45) is 4.40 Å². The molecule has 9 heteroatoms. The van der Waals surface area contributed by atoms with Crippen LogP contribution in [0.3, 0.4) is 0 Å². The van der Waals surface area contributed by atoms with Gasteiger partial charge in [0.05, 0.1) is 18.4 Å². The molecule has 0 heterocycles. The van der Waals surface area contributed by atoms with Gasteiger partial charge in [-0.05, 0) is 30.7 Å². The minimum atomic E-state index is -4.17. The van der Waals surface area contributed by atoms with Gasteiger partial charge in [-0.25, -0.2) is 4.79 Å². The molecule has 0 saturated heterocycles. The number of anilines is 1.